The SMILES string of the molecule is CCCC1CCN(CC2=C(C(=O)O)N3C(=O)[C@@H](NC(=O)/C(=C\O[C@@H](CC(=O)O)C(=O)O)c4csc(N)n4)[C@H]3S[C@H]2C)CCN1C(=O)C(=O)c1cc(O)c(O)c(F)c1. The number of aromatic nitrogens is 1. The van der Waals surface area contributed by atoms with Crippen molar-refractivity contribution in [3.05, 3.63) is 52.1 Å². The predicted octanol–water partition coefficient (Wildman–Crippen LogP) is 1.27. The Bertz CT molecular complexity index is 2030. The number of hydrogen-bond donors (Lipinski definition) is 7. The summed E-state index contributed by atoms with van der Waals surface area (Å²) in [5.41, 5.74) is 4.99. The molecule has 2 saturated heterocycles. The molecule has 5 rings (SSSR count). The first-order valence-corrected chi connectivity index (χ1v) is 19.3. The molecule has 0 saturated carbocycles. The Hall–Kier alpha value is -5.74. The second-order valence-corrected chi connectivity index (χ2v) is 15.7. The fourth-order valence-corrected chi connectivity index (χ4v) is 8.72. The van der Waals surface area contributed by atoms with Gasteiger partial charge in [0.15, 0.2) is 22.4 Å². The summed E-state index contributed by atoms with van der Waals surface area (Å²) in [6.07, 6.45) is -0.494. The number of nitrogens with zero attached hydrogens (tertiary/aromatic N) is 4. The van der Waals surface area contributed by atoms with Gasteiger partial charge in [-0.05, 0) is 37.5 Å². The van der Waals surface area contributed by atoms with Crippen LogP contribution in [0.25, 0.3) is 5.57 Å². The van der Waals surface area contributed by atoms with Crippen LogP contribution in [0.2, 0.25) is 0 Å². The molecule has 3 amide bonds. The second kappa shape index (κ2) is 17.6. The van der Waals surface area contributed by atoms with Gasteiger partial charge in [0, 0.05) is 48.4 Å². The van der Waals surface area contributed by atoms with E-state index in [2.05, 4.69) is 10.3 Å². The third kappa shape index (κ3) is 9.13. The van der Waals surface area contributed by atoms with Gasteiger partial charge >= 0.3 is 17.9 Å². The molecule has 1 unspecified atom stereocenters. The van der Waals surface area contributed by atoms with Crippen molar-refractivity contribution < 1.29 is 68.2 Å². The van der Waals surface area contributed by atoms with Gasteiger partial charge in [-0.15, -0.1) is 23.1 Å². The molecular formula is C35H39FN6O13S2. The molecule has 19 nitrogen and oxygen atoms in total. The summed E-state index contributed by atoms with van der Waals surface area (Å²) in [6.45, 7) is 4.35. The molecule has 3 aliphatic rings. The molecule has 0 spiro atoms. The van der Waals surface area contributed by atoms with Crippen molar-refractivity contribution in [3.8, 4) is 11.5 Å². The number of carboxylic acids is 3. The van der Waals surface area contributed by atoms with Crippen LogP contribution in [0.1, 0.15) is 55.6 Å². The Morgan fingerprint density at radius 1 is 1.12 bits per heavy atom. The molecule has 2 fully saturated rings. The summed E-state index contributed by atoms with van der Waals surface area (Å²) < 4.78 is 19.2. The number of rotatable bonds is 15. The summed E-state index contributed by atoms with van der Waals surface area (Å²) in [5.74, 6) is -11.4. The normalized spacial score (nSPS) is 21.9. The third-order valence-electron chi connectivity index (χ3n) is 9.59. The molecule has 1 aromatic heterocycles. The minimum atomic E-state index is -1.86. The number of ketones is 1. The molecule has 57 heavy (non-hydrogen) atoms. The smallest absolute Gasteiger partial charge is 0.352 e. The summed E-state index contributed by atoms with van der Waals surface area (Å²) in [7, 11) is 0. The first-order chi connectivity index (χ1) is 26.9. The van der Waals surface area contributed by atoms with E-state index in [1.165, 1.54) is 22.0 Å². The van der Waals surface area contributed by atoms with Crippen LogP contribution in [-0.2, 0) is 33.5 Å². The molecular weight excluding hydrogens is 796 g/mol. The van der Waals surface area contributed by atoms with Gasteiger partial charge in [-0.25, -0.2) is 19.0 Å². The molecule has 0 radical (unpaired) electrons. The average Bonchev–Trinajstić information content (AvgIpc) is 3.48. The van der Waals surface area contributed by atoms with E-state index in [-0.39, 0.29) is 41.7 Å². The number of halogens is 1. The quantitative estimate of drug-likeness (QED) is 0.0332. The molecule has 3 aliphatic heterocycles. The molecule has 4 heterocycles. The van der Waals surface area contributed by atoms with Crippen molar-refractivity contribution in [3.63, 3.8) is 0 Å². The van der Waals surface area contributed by atoms with Gasteiger partial charge in [0.05, 0.1) is 18.4 Å². The van der Waals surface area contributed by atoms with Gasteiger partial charge in [-0.2, -0.15) is 0 Å². The van der Waals surface area contributed by atoms with E-state index in [9.17, 15) is 58.4 Å². The van der Waals surface area contributed by atoms with E-state index in [1.54, 1.807) is 6.92 Å². The third-order valence-corrected chi connectivity index (χ3v) is 11.7. The van der Waals surface area contributed by atoms with Crippen molar-refractivity contribution in [2.45, 2.75) is 68.3 Å². The minimum Gasteiger partial charge on any atom is -0.504 e. The number of carboxylic acid groups (broad SMARTS) is 3. The second-order valence-electron chi connectivity index (χ2n) is 13.3. The minimum absolute atomic E-state index is 0.0420. The number of nitrogens with one attached hydrogen (secondary N) is 1. The molecule has 22 heteroatoms. The van der Waals surface area contributed by atoms with Crippen molar-refractivity contribution in [2.24, 2.45) is 0 Å². The molecule has 1 aromatic carbocycles. The van der Waals surface area contributed by atoms with Crippen LogP contribution in [0.4, 0.5) is 9.52 Å². The number of aromatic hydroxyl groups is 2. The summed E-state index contributed by atoms with van der Waals surface area (Å²) in [5, 5.41) is 50.8. The number of nitrogens with two attached hydrogens (primary N) is 1. The number of benzene rings is 1. The van der Waals surface area contributed by atoms with Crippen LogP contribution < -0.4 is 11.1 Å². The average molecular weight is 835 g/mol. The van der Waals surface area contributed by atoms with E-state index in [0.717, 1.165) is 28.6 Å². The molecule has 0 bridgehead atoms. The number of β-lactam (4-membered cyclic amide) rings is 1. The highest BCUT2D eigenvalue weighted by Gasteiger charge is 2.56. The number of thiazole rings is 1. The standard InChI is InChI=1S/C35H39FN6O13S2/c1-3-4-17-5-6-40(7-8-41(17)31(50)27(46)16-9-20(36)28(47)22(43)10-16)12-18-15(2)57-32-25(30(49)42(32)26(18)34(53)54)39-29(48)19(21-14-56-35(37)38-21)13-55-23(33(51)52)11-24(44)45/h9-10,13-15,17,23,25,32,43,47H,3-8,11-12H2,1-2H3,(H2,37,38)(H,39,48)(H,44,45)(H,51,52)(H,53,54)/b19-13-/t15-,17?,23-,25+,32+/m0/s1. The first-order valence-electron chi connectivity index (χ1n) is 17.5. The number of amides is 3. The van der Waals surface area contributed by atoms with Gasteiger partial charge in [-0.1, -0.05) is 13.3 Å². The van der Waals surface area contributed by atoms with Crippen LogP contribution >= 0.6 is 23.1 Å². The summed E-state index contributed by atoms with van der Waals surface area (Å²) >= 11 is 2.16. The fourth-order valence-electron chi connectivity index (χ4n) is 6.72. The highest BCUT2D eigenvalue weighted by atomic mass is 32.2. The van der Waals surface area contributed by atoms with Gasteiger partial charge in [-0.3, -0.25) is 33.8 Å². The number of carbonyl (C=O) groups excluding carboxylic acids is 4. The number of phenols is 2. The largest absolute Gasteiger partial charge is 0.504 e. The maximum Gasteiger partial charge on any atom is 0.352 e. The van der Waals surface area contributed by atoms with Crippen LogP contribution in [0.3, 0.4) is 0 Å². The number of aliphatic carboxylic acids is 3. The Balaban J connectivity index is 1.33. The zero-order valence-corrected chi connectivity index (χ0v) is 32.0. The number of nitrogen functional groups attached to an aromatic ring is 1. The number of phenolic OH excluding ortho intramolecular Hbond substituents is 2. The summed E-state index contributed by atoms with van der Waals surface area (Å²) in [4.78, 5) is 97.6. The van der Waals surface area contributed by atoms with E-state index >= 15 is 0 Å². The number of thioether (sulfide) groups is 1. The Morgan fingerprint density at radius 2 is 1.84 bits per heavy atom. The van der Waals surface area contributed by atoms with Gasteiger partial charge in [0.1, 0.15) is 22.7 Å². The number of Topliss-reactive ketones (excluding diaryl/α,β-unsaturated/α-hetero) is 1. The van der Waals surface area contributed by atoms with E-state index in [0.29, 0.717) is 37.4 Å². The van der Waals surface area contributed by atoms with E-state index in [4.69, 9.17) is 15.6 Å². The van der Waals surface area contributed by atoms with Crippen molar-refractivity contribution in [1.82, 2.24) is 25.0 Å². The lowest BCUT2D eigenvalue weighted by Gasteiger charge is -2.51. The topological polar surface area (TPSA) is 291 Å². The zero-order chi connectivity index (χ0) is 41.9. The molecule has 0 aliphatic carbocycles. The van der Waals surface area contributed by atoms with Crippen LogP contribution in [0.5, 0.6) is 11.5 Å². The number of carbonyl (C=O) groups is 7. The van der Waals surface area contributed by atoms with E-state index < -0.39 is 99.5 Å². The highest BCUT2D eigenvalue weighted by Crippen LogP contribution is 2.44. The molecule has 306 valence electrons. The highest BCUT2D eigenvalue weighted by molar-refractivity contribution is 8.00. The van der Waals surface area contributed by atoms with Crippen LogP contribution in [0.15, 0.2) is 35.0 Å². The zero-order valence-electron chi connectivity index (χ0n) is 30.4. The Labute approximate surface area is 331 Å². The van der Waals surface area contributed by atoms with Crippen molar-refractivity contribution in [1.29, 1.82) is 0 Å². The van der Waals surface area contributed by atoms with Gasteiger partial charge in [0.2, 0.25) is 6.10 Å². The number of anilines is 1. The first kappa shape index (κ1) is 42.4. The van der Waals surface area contributed by atoms with Crippen molar-refractivity contribution in [2.75, 3.05) is 31.9 Å². The lowest BCUT2D eigenvalue weighted by molar-refractivity contribution is -0.153. The lowest BCUT2D eigenvalue weighted by atomic mass is 9.99. The van der Waals surface area contributed by atoms with Crippen LogP contribution in [0, 0.1) is 5.82 Å². The maximum atomic E-state index is 14.1. The van der Waals surface area contributed by atoms with E-state index in [1.807, 2.05) is 11.8 Å². The van der Waals surface area contributed by atoms with Crippen molar-refractivity contribution >= 4 is 75.2 Å². The fraction of sp³-hybridized carbons (Fsp3) is 0.429. The molecule has 2 aromatic rings. The van der Waals surface area contributed by atoms with Crippen LogP contribution in [-0.4, -0.2) is 142 Å². The predicted molar refractivity (Wildman–Crippen MR) is 199 cm³/mol. The number of ether oxygens (including phenoxy) is 1. The van der Waals surface area contributed by atoms with Gasteiger partial charge < -0.3 is 46.2 Å². The maximum absolute atomic E-state index is 14.1. The molecule has 8 N–H and O–H groups in total. The number of hydrogen-bond acceptors (Lipinski definition) is 15. The Morgan fingerprint density at radius 3 is 2.44 bits per heavy atom. The monoisotopic (exact) mass is 834 g/mol. The van der Waals surface area contributed by atoms with Gasteiger partial charge in [0.25, 0.3) is 23.5 Å². The summed E-state index contributed by atoms with van der Waals surface area (Å²) in [6, 6.07) is -0.160. The lowest BCUT2D eigenvalue weighted by Crippen LogP contribution is -2.71. The number of fused-ring (bicyclic) bond motifs is 1. The molecule has 5 atom stereocenters. The Kier molecular flexibility index (Phi) is 13.1.